The van der Waals surface area contributed by atoms with Gasteiger partial charge in [-0.1, -0.05) is 359 Å². The van der Waals surface area contributed by atoms with Gasteiger partial charge in [-0.3, -0.25) is 0 Å². The Morgan fingerprint density at radius 2 is 0.426 bits per heavy atom. The fraction of sp³-hybridized carbons (Fsp3) is 0.0339. The first kappa shape index (κ1) is 75.1. The third-order valence-corrected chi connectivity index (χ3v) is 24.2. The van der Waals surface area contributed by atoms with Crippen LogP contribution in [-0.2, 0) is 5.41 Å². The lowest BCUT2D eigenvalue weighted by atomic mass is 9.82. The largest absolute Gasteiger partial charge is 0.311 e. The number of hydrogen-bond donors (Lipinski definition) is 0. The van der Waals surface area contributed by atoms with Crippen LogP contribution in [0.3, 0.4) is 0 Å². The number of nitrogens with zero attached hydrogens (tertiary/aromatic N) is 4. The highest BCUT2D eigenvalue weighted by atomic mass is 15.2. The van der Waals surface area contributed by atoms with Crippen molar-refractivity contribution in [3.05, 3.63) is 496 Å². The van der Waals surface area contributed by atoms with Gasteiger partial charge >= 0.3 is 0 Å². The highest BCUT2D eigenvalue weighted by molar-refractivity contribution is 6.12. The van der Waals surface area contributed by atoms with Crippen LogP contribution in [0.5, 0.6) is 0 Å². The van der Waals surface area contributed by atoms with E-state index in [2.05, 4.69) is 520 Å². The average molecular weight is 1560 g/mol. The summed E-state index contributed by atoms with van der Waals surface area (Å²) in [6.45, 7) is 6.84. The van der Waals surface area contributed by atoms with Crippen molar-refractivity contribution in [1.82, 2.24) is 0 Å². The van der Waals surface area contributed by atoms with E-state index in [1.807, 2.05) is 0 Å². The van der Waals surface area contributed by atoms with E-state index in [1.165, 1.54) is 126 Å². The molecular formula is C118H88N4. The Bertz CT molecular complexity index is 7280. The van der Waals surface area contributed by atoms with Gasteiger partial charge < -0.3 is 19.6 Å². The molecule has 0 unspecified atom stereocenters. The maximum atomic E-state index is 2.45. The third-order valence-electron chi connectivity index (χ3n) is 24.2. The summed E-state index contributed by atoms with van der Waals surface area (Å²) in [5.41, 5.74) is 27.5. The minimum absolute atomic E-state index is 0.0772. The van der Waals surface area contributed by atoms with Gasteiger partial charge in [0.05, 0.1) is 5.69 Å². The van der Waals surface area contributed by atoms with Gasteiger partial charge in [0.15, 0.2) is 0 Å². The fourth-order valence-corrected chi connectivity index (χ4v) is 18.0. The number of aryl methyl sites for hydroxylation is 1. The number of benzene rings is 21. The molecule has 4 nitrogen and oxygen atoms in total. The van der Waals surface area contributed by atoms with Crippen LogP contribution in [0, 0.1) is 6.92 Å². The Hall–Kier alpha value is -15.6. The van der Waals surface area contributed by atoms with E-state index in [4.69, 9.17) is 0 Å². The molecule has 122 heavy (non-hydrogen) atoms. The Morgan fingerprint density at radius 1 is 0.164 bits per heavy atom. The smallest absolute Gasteiger partial charge is 0.0540 e. The van der Waals surface area contributed by atoms with Crippen LogP contribution in [0.25, 0.3) is 109 Å². The topological polar surface area (TPSA) is 13.0 Å². The maximum Gasteiger partial charge on any atom is 0.0540 e. The van der Waals surface area contributed by atoms with Crippen LogP contribution in [0.1, 0.15) is 30.5 Å². The minimum Gasteiger partial charge on any atom is -0.311 e. The molecule has 0 bridgehead atoms. The van der Waals surface area contributed by atoms with E-state index in [0.717, 1.165) is 68.2 Å². The van der Waals surface area contributed by atoms with Crippen molar-refractivity contribution in [3.8, 4) is 44.5 Å². The summed E-state index contributed by atoms with van der Waals surface area (Å²) in [6, 6.07) is 173. The Labute approximate surface area is 714 Å². The van der Waals surface area contributed by atoms with E-state index in [0.29, 0.717) is 0 Å². The summed E-state index contributed by atoms with van der Waals surface area (Å²) >= 11 is 0. The molecule has 4 heteroatoms. The van der Waals surface area contributed by atoms with E-state index < -0.39 is 0 Å². The Morgan fingerprint density at radius 3 is 0.844 bits per heavy atom. The number of anilines is 12. The zero-order chi connectivity index (χ0) is 81.9. The Balaban J connectivity index is 0.000000118. The van der Waals surface area contributed by atoms with Crippen molar-refractivity contribution >= 4 is 133 Å². The van der Waals surface area contributed by atoms with Crippen molar-refractivity contribution in [2.45, 2.75) is 26.2 Å². The molecule has 0 N–H and O–H groups in total. The summed E-state index contributed by atoms with van der Waals surface area (Å²) in [6.07, 6.45) is 0. The molecule has 0 saturated carbocycles. The second-order valence-corrected chi connectivity index (χ2v) is 32.1. The maximum absolute atomic E-state index is 2.45. The summed E-state index contributed by atoms with van der Waals surface area (Å²) in [5.74, 6) is 0. The quantitative estimate of drug-likeness (QED) is 0.0949. The lowest BCUT2D eigenvalue weighted by Crippen LogP contribution is -2.16. The highest BCUT2D eigenvalue weighted by Gasteiger charge is 2.36. The SMILES string of the molecule is CC1(C)c2ccccc2-c2ccc(N(c3ccc4ccc5ccccc5c4c3)c3ccccc3-c3ccccc3)cc21.Cc1ccc(N(c2ccc(-c3ccccc3)cc2)c2ccc3ccc4ccccc4c3c2)cc1.c1ccc(N(c2ccccc2)c2ccc(-c3ccc(N(c4ccccc4)c4ccc5ccc6ccccc6c5c4)cc3)cc2)cc1. The van der Waals surface area contributed by atoms with Crippen LogP contribution in [-0.4, -0.2) is 0 Å². The second-order valence-electron chi connectivity index (χ2n) is 32.1. The first-order valence-electron chi connectivity index (χ1n) is 42.1. The normalized spacial score (nSPS) is 11.8. The van der Waals surface area contributed by atoms with Gasteiger partial charge in [-0.15, -0.1) is 0 Å². The lowest BCUT2D eigenvalue weighted by Gasteiger charge is -2.30. The van der Waals surface area contributed by atoms with Crippen LogP contribution in [0.15, 0.2) is 479 Å². The minimum atomic E-state index is -0.0772. The number of fused-ring (bicyclic) bond motifs is 12. The molecule has 0 amide bonds. The molecule has 1 aliphatic rings. The molecular weight excluding hydrogens is 1470 g/mol. The molecule has 0 radical (unpaired) electrons. The summed E-state index contributed by atoms with van der Waals surface area (Å²) in [7, 11) is 0. The molecule has 0 heterocycles. The van der Waals surface area contributed by atoms with Crippen LogP contribution in [0.2, 0.25) is 0 Å². The average Bonchev–Trinajstić information content (AvgIpc) is 1.55. The van der Waals surface area contributed by atoms with Gasteiger partial charge in [-0.05, 0) is 261 Å². The van der Waals surface area contributed by atoms with Crippen LogP contribution < -0.4 is 19.6 Å². The molecule has 0 fully saturated rings. The zero-order valence-corrected chi connectivity index (χ0v) is 68.4. The fourth-order valence-electron chi connectivity index (χ4n) is 18.0. The van der Waals surface area contributed by atoms with Crippen molar-refractivity contribution in [2.75, 3.05) is 19.6 Å². The summed E-state index contributed by atoms with van der Waals surface area (Å²) < 4.78 is 0. The number of hydrogen-bond acceptors (Lipinski definition) is 4. The van der Waals surface area contributed by atoms with Crippen molar-refractivity contribution in [2.24, 2.45) is 0 Å². The molecule has 21 aromatic carbocycles. The van der Waals surface area contributed by atoms with E-state index in [1.54, 1.807) is 0 Å². The van der Waals surface area contributed by atoms with E-state index in [-0.39, 0.29) is 5.41 Å². The molecule has 1 aliphatic carbocycles. The third kappa shape index (κ3) is 14.8. The van der Waals surface area contributed by atoms with Crippen LogP contribution in [0.4, 0.5) is 68.2 Å². The van der Waals surface area contributed by atoms with Gasteiger partial charge in [0.25, 0.3) is 0 Å². The van der Waals surface area contributed by atoms with Crippen molar-refractivity contribution in [3.63, 3.8) is 0 Å². The predicted molar refractivity (Wildman–Crippen MR) is 522 cm³/mol. The molecule has 0 aromatic heterocycles. The summed E-state index contributed by atoms with van der Waals surface area (Å²) in [4.78, 5) is 9.42. The van der Waals surface area contributed by atoms with E-state index >= 15 is 0 Å². The molecule has 0 atom stereocenters. The van der Waals surface area contributed by atoms with Gasteiger partial charge in [0, 0.05) is 73.5 Å². The molecule has 0 saturated heterocycles. The predicted octanol–water partition coefficient (Wildman–Crippen LogP) is 33.5. The van der Waals surface area contributed by atoms with Gasteiger partial charge in [-0.25, -0.2) is 0 Å². The van der Waals surface area contributed by atoms with Crippen molar-refractivity contribution < 1.29 is 0 Å². The van der Waals surface area contributed by atoms with Gasteiger partial charge in [0.2, 0.25) is 0 Å². The highest BCUT2D eigenvalue weighted by Crippen LogP contribution is 2.52. The summed E-state index contributed by atoms with van der Waals surface area (Å²) in [5, 5.41) is 15.2. The first-order chi connectivity index (χ1) is 60.2. The second kappa shape index (κ2) is 33.1. The lowest BCUT2D eigenvalue weighted by molar-refractivity contribution is 0.660. The van der Waals surface area contributed by atoms with E-state index in [9.17, 15) is 0 Å². The monoisotopic (exact) mass is 1560 g/mol. The Kier molecular flexibility index (Phi) is 20.4. The zero-order valence-electron chi connectivity index (χ0n) is 68.4. The van der Waals surface area contributed by atoms with Gasteiger partial charge in [-0.2, -0.15) is 0 Å². The molecule has 0 aliphatic heterocycles. The molecule has 580 valence electrons. The van der Waals surface area contributed by atoms with Crippen molar-refractivity contribution in [1.29, 1.82) is 0 Å². The number of para-hydroxylation sites is 4. The van der Waals surface area contributed by atoms with Gasteiger partial charge in [0.1, 0.15) is 0 Å². The number of rotatable bonds is 15. The molecule has 22 rings (SSSR count). The molecule has 0 spiro atoms. The standard InChI is InChI=1S/C44H32N2.C41H31N.C33H25N/c1-4-13-37(14-5-1)45(38-15-6-2-7-16-38)40-27-22-33(23-28-40)34-24-29-41(30-25-34)46(39-17-8-3-9-18-39)42-31-26-36-21-20-35-12-10-11-19-43(35)44(36)32-42;1-41(2)38-18-10-8-17-35(38)36-25-24-32(27-39(36)41)42(40-19-11-9-16-34(40)28-12-4-3-5-13-28)31-23-22-30-21-20-29-14-6-7-15-33(29)37(30)26-31;1-24-11-18-29(19-12-24)34(30-20-15-26(16-21-30)25-7-3-2-4-8-25)31-22-17-28-14-13-27-9-5-6-10-32(27)33(28)23-31/h1-32H;3-27H,1-2H3;2-23H,1H3. The van der Waals surface area contributed by atoms with Crippen LogP contribution >= 0.6 is 0 Å². The molecule has 21 aromatic rings. The first-order valence-corrected chi connectivity index (χ1v) is 42.1.